The Bertz CT molecular complexity index is 445. The van der Waals surface area contributed by atoms with Gasteiger partial charge in [-0.1, -0.05) is 48.1 Å². The van der Waals surface area contributed by atoms with Gasteiger partial charge >= 0.3 is 0 Å². The number of hydrogen-bond acceptors (Lipinski definition) is 1. The molecule has 0 saturated carbocycles. The lowest BCUT2D eigenvalue weighted by Crippen LogP contribution is -1.89. The predicted molar refractivity (Wildman–Crippen MR) is 84.4 cm³/mol. The molecule has 0 aliphatic rings. The Balaban J connectivity index is 2.71. The van der Waals surface area contributed by atoms with E-state index in [0.717, 1.165) is 12.2 Å². The molecule has 0 aromatic heterocycles. The van der Waals surface area contributed by atoms with Gasteiger partial charge in [0.25, 0.3) is 0 Å². The number of rotatable bonds is 6. The molecule has 1 atom stereocenters. The predicted octanol–water partition coefficient (Wildman–Crippen LogP) is 5.26. The smallest absolute Gasteiger partial charge is 0.118 e. The van der Waals surface area contributed by atoms with Crippen molar-refractivity contribution in [2.45, 2.75) is 27.2 Å². The van der Waals surface area contributed by atoms with E-state index < -0.39 is 0 Å². The molecule has 0 saturated heterocycles. The van der Waals surface area contributed by atoms with E-state index in [1.54, 1.807) is 7.11 Å². The van der Waals surface area contributed by atoms with Crippen molar-refractivity contribution in [2.24, 2.45) is 5.92 Å². The summed E-state index contributed by atoms with van der Waals surface area (Å²) in [5.74, 6) is 1.36. The minimum atomic E-state index is 0.460. The molecule has 102 valence electrons. The molecule has 1 nitrogen and oxygen atoms in total. The first kappa shape index (κ1) is 15.3. The van der Waals surface area contributed by atoms with Crippen molar-refractivity contribution in [3.8, 4) is 5.75 Å². The van der Waals surface area contributed by atoms with Gasteiger partial charge in [-0.2, -0.15) is 0 Å². The van der Waals surface area contributed by atoms with Crippen molar-refractivity contribution >= 4 is 6.08 Å². The van der Waals surface area contributed by atoms with Gasteiger partial charge in [0, 0.05) is 0 Å². The van der Waals surface area contributed by atoms with Crippen LogP contribution in [-0.4, -0.2) is 7.11 Å². The molecule has 0 fully saturated rings. The zero-order chi connectivity index (χ0) is 14.1. The molecule has 0 heterocycles. The Labute approximate surface area is 117 Å². The SMILES string of the molecule is C/C=C/C(/C=C/c1ccc(OC)cc1)CC=C(C)C. The van der Waals surface area contributed by atoms with E-state index >= 15 is 0 Å². The molecule has 0 radical (unpaired) electrons. The maximum absolute atomic E-state index is 5.16. The first-order valence-corrected chi connectivity index (χ1v) is 6.74. The van der Waals surface area contributed by atoms with Gasteiger partial charge in [0.15, 0.2) is 0 Å². The van der Waals surface area contributed by atoms with Crippen molar-refractivity contribution < 1.29 is 4.74 Å². The zero-order valence-electron chi connectivity index (χ0n) is 12.4. The minimum absolute atomic E-state index is 0.460. The number of methoxy groups -OCH3 is 1. The topological polar surface area (TPSA) is 9.23 Å². The van der Waals surface area contributed by atoms with Crippen molar-refractivity contribution in [3.63, 3.8) is 0 Å². The average Bonchev–Trinajstić information content (AvgIpc) is 2.42. The molecule has 19 heavy (non-hydrogen) atoms. The van der Waals surface area contributed by atoms with Gasteiger partial charge in [0.05, 0.1) is 7.11 Å². The third-order valence-electron chi connectivity index (χ3n) is 2.89. The fourth-order valence-corrected chi connectivity index (χ4v) is 1.79. The number of benzene rings is 1. The molecule has 1 aromatic rings. The fraction of sp³-hybridized carbons (Fsp3) is 0.333. The summed E-state index contributed by atoms with van der Waals surface area (Å²) in [4.78, 5) is 0. The molecule has 0 amide bonds. The highest BCUT2D eigenvalue weighted by Crippen LogP contribution is 2.15. The monoisotopic (exact) mass is 256 g/mol. The Morgan fingerprint density at radius 2 is 1.84 bits per heavy atom. The number of hydrogen-bond donors (Lipinski definition) is 0. The Hall–Kier alpha value is -1.76. The lowest BCUT2D eigenvalue weighted by molar-refractivity contribution is 0.415. The van der Waals surface area contributed by atoms with E-state index in [0.29, 0.717) is 5.92 Å². The molecule has 0 aliphatic heterocycles. The zero-order valence-corrected chi connectivity index (χ0v) is 12.4. The molecule has 0 spiro atoms. The summed E-state index contributed by atoms with van der Waals surface area (Å²) in [5, 5.41) is 0. The van der Waals surface area contributed by atoms with Gasteiger partial charge < -0.3 is 4.74 Å². The average molecular weight is 256 g/mol. The van der Waals surface area contributed by atoms with Crippen LogP contribution in [0.5, 0.6) is 5.75 Å². The summed E-state index contributed by atoms with van der Waals surface area (Å²) in [7, 11) is 1.69. The second kappa shape index (κ2) is 8.36. The van der Waals surface area contributed by atoms with E-state index in [2.05, 4.69) is 63.3 Å². The highest BCUT2D eigenvalue weighted by atomic mass is 16.5. The highest BCUT2D eigenvalue weighted by molar-refractivity contribution is 5.51. The van der Waals surface area contributed by atoms with Crippen molar-refractivity contribution in [2.75, 3.05) is 7.11 Å². The first-order chi connectivity index (χ1) is 9.15. The van der Waals surface area contributed by atoms with Crippen LogP contribution >= 0.6 is 0 Å². The molecule has 1 rings (SSSR count). The number of ether oxygens (including phenoxy) is 1. The summed E-state index contributed by atoms with van der Waals surface area (Å²) in [5.41, 5.74) is 2.57. The van der Waals surface area contributed by atoms with Gasteiger partial charge in [-0.15, -0.1) is 0 Å². The second-order valence-corrected chi connectivity index (χ2v) is 4.84. The Morgan fingerprint density at radius 3 is 2.37 bits per heavy atom. The van der Waals surface area contributed by atoms with E-state index in [1.807, 2.05) is 12.1 Å². The van der Waals surface area contributed by atoms with Crippen LogP contribution in [0.1, 0.15) is 32.8 Å². The fourth-order valence-electron chi connectivity index (χ4n) is 1.79. The molecule has 1 aromatic carbocycles. The molecule has 0 bridgehead atoms. The third-order valence-corrected chi connectivity index (χ3v) is 2.89. The van der Waals surface area contributed by atoms with Gasteiger partial charge in [-0.05, 0) is 50.8 Å². The van der Waals surface area contributed by atoms with E-state index in [1.165, 1.54) is 11.1 Å². The van der Waals surface area contributed by atoms with E-state index in [-0.39, 0.29) is 0 Å². The van der Waals surface area contributed by atoms with Crippen LogP contribution < -0.4 is 4.74 Å². The summed E-state index contributed by atoms with van der Waals surface area (Å²) in [6.45, 7) is 6.34. The maximum Gasteiger partial charge on any atom is 0.118 e. The summed E-state index contributed by atoms with van der Waals surface area (Å²) < 4.78 is 5.16. The van der Waals surface area contributed by atoms with Crippen LogP contribution in [0, 0.1) is 5.92 Å². The lowest BCUT2D eigenvalue weighted by Gasteiger charge is -2.05. The Morgan fingerprint density at radius 1 is 1.16 bits per heavy atom. The maximum atomic E-state index is 5.16. The van der Waals surface area contributed by atoms with E-state index in [4.69, 9.17) is 4.74 Å². The van der Waals surface area contributed by atoms with Crippen LogP contribution in [0.4, 0.5) is 0 Å². The van der Waals surface area contributed by atoms with Gasteiger partial charge in [-0.3, -0.25) is 0 Å². The van der Waals surface area contributed by atoms with Gasteiger partial charge in [-0.25, -0.2) is 0 Å². The third kappa shape index (κ3) is 6.10. The normalized spacial score (nSPS) is 12.8. The molecule has 1 heteroatoms. The summed E-state index contributed by atoms with van der Waals surface area (Å²) in [6.07, 6.45) is 12.1. The van der Waals surface area contributed by atoms with Crippen molar-refractivity contribution in [1.82, 2.24) is 0 Å². The first-order valence-electron chi connectivity index (χ1n) is 6.74. The van der Waals surface area contributed by atoms with Crippen LogP contribution in [0.3, 0.4) is 0 Å². The van der Waals surface area contributed by atoms with Gasteiger partial charge in [0.1, 0.15) is 5.75 Å². The molecular formula is C18H24O. The van der Waals surface area contributed by atoms with Gasteiger partial charge in [0.2, 0.25) is 0 Å². The van der Waals surface area contributed by atoms with Crippen LogP contribution in [0.2, 0.25) is 0 Å². The molecule has 0 aliphatic carbocycles. The molecular weight excluding hydrogens is 232 g/mol. The van der Waals surface area contributed by atoms with Crippen molar-refractivity contribution in [1.29, 1.82) is 0 Å². The quantitative estimate of drug-likeness (QED) is 0.631. The summed E-state index contributed by atoms with van der Waals surface area (Å²) in [6, 6.07) is 8.12. The van der Waals surface area contributed by atoms with Crippen LogP contribution in [-0.2, 0) is 0 Å². The largest absolute Gasteiger partial charge is 0.497 e. The standard InChI is InChI=1S/C18H24O/c1-5-6-16(8-7-15(2)3)9-10-17-11-13-18(19-4)14-12-17/h5-7,9-14,16H,8H2,1-4H3/b6-5+,10-9+. The van der Waals surface area contributed by atoms with E-state index in [9.17, 15) is 0 Å². The lowest BCUT2D eigenvalue weighted by atomic mass is 10.0. The highest BCUT2D eigenvalue weighted by Gasteiger charge is 1.97. The number of allylic oxidation sites excluding steroid dienone is 5. The van der Waals surface area contributed by atoms with Crippen LogP contribution in [0.15, 0.2) is 54.1 Å². The van der Waals surface area contributed by atoms with Crippen LogP contribution in [0.25, 0.3) is 6.08 Å². The van der Waals surface area contributed by atoms with Crippen molar-refractivity contribution in [3.05, 3.63) is 59.7 Å². The Kier molecular flexibility index (Phi) is 6.73. The molecule has 0 N–H and O–H groups in total. The minimum Gasteiger partial charge on any atom is -0.497 e. The second-order valence-electron chi connectivity index (χ2n) is 4.84. The molecule has 1 unspecified atom stereocenters. The summed E-state index contributed by atoms with van der Waals surface area (Å²) >= 11 is 0.